The second kappa shape index (κ2) is 10.7. The van der Waals surface area contributed by atoms with Gasteiger partial charge in [-0.1, -0.05) is 0 Å². The van der Waals surface area contributed by atoms with Gasteiger partial charge in [-0.15, -0.1) is 10.2 Å². The summed E-state index contributed by atoms with van der Waals surface area (Å²) in [5, 5.41) is 14.5. The van der Waals surface area contributed by atoms with E-state index >= 15 is 0 Å². The van der Waals surface area contributed by atoms with Crippen LogP contribution in [-0.2, 0) is 4.79 Å². The van der Waals surface area contributed by atoms with Gasteiger partial charge in [0.15, 0.2) is 11.5 Å². The van der Waals surface area contributed by atoms with E-state index in [0.717, 1.165) is 30.6 Å². The molecule has 5 aromatic rings. The molecule has 0 aliphatic carbocycles. The second-order valence-corrected chi connectivity index (χ2v) is 9.64. The van der Waals surface area contributed by atoms with Gasteiger partial charge in [-0.05, 0) is 81.4 Å². The third-order valence-corrected chi connectivity index (χ3v) is 6.84. The van der Waals surface area contributed by atoms with Crippen LogP contribution in [0.3, 0.4) is 0 Å². The Balaban J connectivity index is 1.19. The lowest BCUT2D eigenvalue weighted by atomic mass is 10.1. The molecule has 1 amide bonds. The van der Waals surface area contributed by atoms with Crippen molar-refractivity contribution in [1.82, 2.24) is 34.4 Å². The zero-order valence-corrected chi connectivity index (χ0v) is 21.9. The maximum Gasteiger partial charge on any atom is 0.284 e. The molecule has 6 rings (SSSR count). The molecule has 4 heterocycles. The fourth-order valence-corrected chi connectivity index (χ4v) is 4.67. The molecule has 1 saturated heterocycles. The lowest BCUT2D eigenvalue weighted by Crippen LogP contribution is -2.24. The molecular formula is C28H26FN9O2. The standard InChI is InChI=1S/C28H26FN9O2/c1-17-10-18(6-8-24(17)40-26-13-25-36-33-16-38(25)15-32-26)34-27-21-11-19(5-7-23(21)30-14-31-27)35-28(39)22(29)12-20-4-3-9-37(20)2/h5-8,10-16,20H,3-4,9H2,1-2H3,(H,35,39)(H,30,31,34)/b22-12+. The van der Waals surface area contributed by atoms with Crippen molar-refractivity contribution in [1.29, 1.82) is 0 Å². The number of fused-ring (bicyclic) bond motifs is 2. The number of nitrogens with one attached hydrogen (secondary N) is 2. The first-order valence-corrected chi connectivity index (χ1v) is 12.8. The summed E-state index contributed by atoms with van der Waals surface area (Å²) in [5.74, 6) is 0.00277. The Morgan fingerprint density at radius 1 is 1.10 bits per heavy atom. The maximum absolute atomic E-state index is 14.6. The van der Waals surface area contributed by atoms with Crippen LogP contribution in [-0.4, -0.2) is 60.0 Å². The molecule has 0 saturated carbocycles. The molecule has 12 heteroatoms. The molecule has 1 fully saturated rings. The van der Waals surface area contributed by atoms with Crippen LogP contribution in [0, 0.1) is 6.92 Å². The smallest absolute Gasteiger partial charge is 0.284 e. The van der Waals surface area contributed by atoms with Crippen LogP contribution < -0.4 is 15.4 Å². The number of aromatic nitrogens is 6. The van der Waals surface area contributed by atoms with Crippen LogP contribution in [0.25, 0.3) is 16.6 Å². The highest BCUT2D eigenvalue weighted by atomic mass is 19.1. The highest BCUT2D eigenvalue weighted by molar-refractivity contribution is 6.04. The summed E-state index contributed by atoms with van der Waals surface area (Å²) in [5.41, 5.74) is 3.39. The fraction of sp³-hybridized carbons (Fsp3) is 0.214. The first-order valence-electron chi connectivity index (χ1n) is 12.8. The molecular weight excluding hydrogens is 513 g/mol. The Bertz CT molecular complexity index is 1750. The number of benzene rings is 2. The van der Waals surface area contributed by atoms with Crippen LogP contribution in [0.2, 0.25) is 0 Å². The number of hydrogen-bond acceptors (Lipinski definition) is 9. The summed E-state index contributed by atoms with van der Waals surface area (Å²) in [7, 11) is 1.93. The van der Waals surface area contributed by atoms with E-state index in [9.17, 15) is 9.18 Å². The summed E-state index contributed by atoms with van der Waals surface area (Å²) >= 11 is 0. The molecule has 3 aromatic heterocycles. The third kappa shape index (κ3) is 5.29. The number of carbonyl (C=O) groups excluding carboxylic acids is 1. The predicted octanol–water partition coefficient (Wildman–Crippen LogP) is 4.80. The number of rotatable bonds is 7. The van der Waals surface area contributed by atoms with E-state index in [1.165, 1.54) is 12.4 Å². The van der Waals surface area contributed by atoms with E-state index in [4.69, 9.17) is 4.74 Å². The van der Waals surface area contributed by atoms with Gasteiger partial charge >= 0.3 is 0 Å². The molecule has 1 aliphatic rings. The molecule has 202 valence electrons. The molecule has 11 nitrogen and oxygen atoms in total. The number of anilines is 3. The highest BCUT2D eigenvalue weighted by Crippen LogP contribution is 2.30. The van der Waals surface area contributed by atoms with Crippen molar-refractivity contribution in [3.63, 3.8) is 0 Å². The number of likely N-dealkylation sites (tertiary alicyclic amines) is 1. The minimum Gasteiger partial charge on any atom is -0.439 e. The van der Waals surface area contributed by atoms with Crippen LogP contribution in [0.1, 0.15) is 18.4 Å². The molecule has 40 heavy (non-hydrogen) atoms. The van der Waals surface area contributed by atoms with Gasteiger partial charge in [-0.25, -0.2) is 19.3 Å². The van der Waals surface area contributed by atoms with Crippen LogP contribution in [0.4, 0.5) is 21.6 Å². The van der Waals surface area contributed by atoms with Crippen molar-refractivity contribution in [2.45, 2.75) is 25.8 Å². The fourth-order valence-electron chi connectivity index (χ4n) is 4.67. The Morgan fingerprint density at radius 3 is 2.80 bits per heavy atom. The highest BCUT2D eigenvalue weighted by Gasteiger charge is 2.21. The van der Waals surface area contributed by atoms with E-state index in [1.807, 2.05) is 37.1 Å². The molecule has 2 aromatic carbocycles. The van der Waals surface area contributed by atoms with Gasteiger partial charge in [-0.3, -0.25) is 14.1 Å². The number of likely N-dealkylation sites (N-methyl/N-ethyl adjacent to an activating group) is 1. The van der Waals surface area contributed by atoms with Gasteiger partial charge in [0.2, 0.25) is 5.88 Å². The quantitative estimate of drug-likeness (QED) is 0.281. The zero-order chi connectivity index (χ0) is 27.6. The predicted molar refractivity (Wildman–Crippen MR) is 148 cm³/mol. The third-order valence-electron chi connectivity index (χ3n) is 6.84. The normalized spacial score (nSPS) is 16.0. The van der Waals surface area contributed by atoms with Crippen molar-refractivity contribution < 1.29 is 13.9 Å². The minimum absolute atomic E-state index is 0.0689. The molecule has 0 radical (unpaired) electrons. The zero-order valence-electron chi connectivity index (χ0n) is 21.9. The van der Waals surface area contributed by atoms with E-state index in [-0.39, 0.29) is 6.04 Å². The van der Waals surface area contributed by atoms with E-state index in [1.54, 1.807) is 41.3 Å². The van der Waals surface area contributed by atoms with Crippen molar-refractivity contribution in [2.24, 2.45) is 0 Å². The Kier molecular flexibility index (Phi) is 6.74. The Hall–Kier alpha value is -4.97. The summed E-state index contributed by atoms with van der Waals surface area (Å²) in [4.78, 5) is 27.6. The molecule has 0 spiro atoms. The molecule has 1 aliphatic heterocycles. The van der Waals surface area contributed by atoms with Crippen molar-refractivity contribution in [3.8, 4) is 11.6 Å². The lowest BCUT2D eigenvalue weighted by Gasteiger charge is -2.15. The lowest BCUT2D eigenvalue weighted by molar-refractivity contribution is -0.114. The minimum atomic E-state index is -0.795. The Morgan fingerprint density at radius 2 is 1.98 bits per heavy atom. The van der Waals surface area contributed by atoms with Crippen LogP contribution in [0.5, 0.6) is 11.6 Å². The summed E-state index contributed by atoms with van der Waals surface area (Å²) in [6.07, 6.45) is 7.82. The van der Waals surface area contributed by atoms with Gasteiger partial charge < -0.3 is 15.4 Å². The number of nitrogens with zero attached hydrogens (tertiary/aromatic N) is 7. The first kappa shape index (κ1) is 25.3. The maximum atomic E-state index is 14.6. The number of amides is 1. The van der Waals surface area contributed by atoms with Crippen molar-refractivity contribution in [2.75, 3.05) is 24.2 Å². The average Bonchev–Trinajstić information content (AvgIpc) is 3.58. The molecule has 0 bridgehead atoms. The van der Waals surface area contributed by atoms with E-state index < -0.39 is 11.7 Å². The van der Waals surface area contributed by atoms with E-state index in [2.05, 4.69) is 35.8 Å². The van der Waals surface area contributed by atoms with Crippen LogP contribution >= 0.6 is 0 Å². The number of ether oxygens (including phenoxy) is 1. The van der Waals surface area contributed by atoms with Gasteiger partial charge in [0.1, 0.15) is 30.5 Å². The summed E-state index contributed by atoms with van der Waals surface area (Å²) < 4.78 is 22.3. The van der Waals surface area contributed by atoms with Gasteiger partial charge in [0.05, 0.1) is 5.52 Å². The van der Waals surface area contributed by atoms with Gasteiger partial charge in [0, 0.05) is 28.9 Å². The van der Waals surface area contributed by atoms with Gasteiger partial charge in [-0.2, -0.15) is 0 Å². The number of carbonyl (C=O) groups is 1. The number of aryl methyl sites for hydroxylation is 1. The van der Waals surface area contributed by atoms with E-state index in [0.29, 0.717) is 39.7 Å². The SMILES string of the molecule is Cc1cc(Nc2ncnc3ccc(NC(=O)/C(F)=C\C4CCCN4C)cc23)ccc1Oc1cc2nncn2cn1. The Labute approximate surface area is 228 Å². The monoisotopic (exact) mass is 539 g/mol. The van der Waals surface area contributed by atoms with Crippen LogP contribution in [0.15, 0.2) is 73.3 Å². The summed E-state index contributed by atoms with van der Waals surface area (Å²) in [6.45, 7) is 2.82. The summed E-state index contributed by atoms with van der Waals surface area (Å²) in [6, 6.07) is 12.4. The van der Waals surface area contributed by atoms with Gasteiger partial charge in [0.25, 0.3) is 5.91 Å². The largest absolute Gasteiger partial charge is 0.439 e. The number of halogens is 1. The molecule has 1 atom stereocenters. The molecule has 2 N–H and O–H groups in total. The number of hydrogen-bond donors (Lipinski definition) is 2. The molecule has 1 unspecified atom stereocenters. The topological polar surface area (TPSA) is 122 Å². The second-order valence-electron chi connectivity index (χ2n) is 9.64. The average molecular weight is 540 g/mol. The van der Waals surface area contributed by atoms with Crippen molar-refractivity contribution in [3.05, 3.63) is 78.9 Å². The van der Waals surface area contributed by atoms with Crippen molar-refractivity contribution >= 4 is 39.6 Å². The first-order chi connectivity index (χ1) is 19.4.